The van der Waals surface area contributed by atoms with Crippen molar-refractivity contribution in [2.45, 2.75) is 40.0 Å². The van der Waals surface area contributed by atoms with E-state index in [2.05, 4.69) is 25.7 Å². The summed E-state index contributed by atoms with van der Waals surface area (Å²) >= 11 is 0. The molecule has 3 rings (SSSR count). The molecule has 0 radical (unpaired) electrons. The summed E-state index contributed by atoms with van der Waals surface area (Å²) in [5, 5.41) is 9.02. The zero-order chi connectivity index (χ0) is 16.2. The van der Waals surface area contributed by atoms with Gasteiger partial charge in [-0.2, -0.15) is 0 Å². The predicted molar refractivity (Wildman–Crippen MR) is 83.3 cm³/mol. The molecule has 1 heterocycles. The van der Waals surface area contributed by atoms with Gasteiger partial charge in [0.15, 0.2) is 0 Å². The molecule has 2 unspecified atom stereocenters. The Kier molecular flexibility index (Phi) is 3.64. The molecule has 3 fully saturated rings. The summed E-state index contributed by atoms with van der Waals surface area (Å²) in [6, 6.07) is 0. The maximum Gasteiger partial charge on any atom is 0.229 e. The maximum atomic E-state index is 13.3. The van der Waals surface area contributed by atoms with E-state index in [0.717, 1.165) is 25.9 Å². The molecule has 2 aliphatic carbocycles. The van der Waals surface area contributed by atoms with Crippen molar-refractivity contribution in [2.24, 2.45) is 16.2 Å². The van der Waals surface area contributed by atoms with Crippen molar-refractivity contribution in [2.75, 3.05) is 39.3 Å². The maximum absolute atomic E-state index is 13.3. The van der Waals surface area contributed by atoms with Gasteiger partial charge in [0.2, 0.25) is 5.91 Å². The van der Waals surface area contributed by atoms with Gasteiger partial charge in [-0.1, -0.05) is 20.8 Å². The Hall–Kier alpha value is -0.940. The van der Waals surface area contributed by atoms with Crippen LogP contribution in [0, 0.1) is 16.2 Å². The molecule has 1 amide bonds. The van der Waals surface area contributed by atoms with Crippen LogP contribution in [-0.4, -0.2) is 65.9 Å². The summed E-state index contributed by atoms with van der Waals surface area (Å²) in [7, 11) is 0. The topological polar surface area (TPSA) is 60.9 Å². The molecule has 0 aromatic rings. The predicted octanol–water partition coefficient (Wildman–Crippen LogP) is 0.908. The smallest absolute Gasteiger partial charge is 0.229 e. The number of hydrogen-bond acceptors (Lipinski definition) is 4. The minimum absolute atomic E-state index is 0.164. The molecule has 124 valence electrons. The van der Waals surface area contributed by atoms with E-state index >= 15 is 0 Å². The SMILES string of the molecule is CC12CCC(C(=O)N3CCN(CCO)CC3)(CC1=O)C2(C)C. The molecule has 5 heteroatoms. The van der Waals surface area contributed by atoms with Gasteiger partial charge in [0.05, 0.1) is 12.0 Å². The van der Waals surface area contributed by atoms with Gasteiger partial charge in [0, 0.05) is 44.6 Å². The highest BCUT2D eigenvalue weighted by atomic mass is 16.3. The molecule has 1 aliphatic heterocycles. The number of nitrogens with zero attached hydrogens (tertiary/aromatic N) is 2. The van der Waals surface area contributed by atoms with Crippen LogP contribution >= 0.6 is 0 Å². The van der Waals surface area contributed by atoms with Gasteiger partial charge in [-0.15, -0.1) is 0 Å². The molecule has 0 aromatic carbocycles. The van der Waals surface area contributed by atoms with Crippen LogP contribution in [0.1, 0.15) is 40.0 Å². The van der Waals surface area contributed by atoms with E-state index in [1.54, 1.807) is 0 Å². The lowest BCUT2D eigenvalue weighted by Crippen LogP contribution is -2.55. The van der Waals surface area contributed by atoms with Crippen molar-refractivity contribution in [3.8, 4) is 0 Å². The van der Waals surface area contributed by atoms with Crippen molar-refractivity contribution in [1.29, 1.82) is 0 Å². The average molecular weight is 308 g/mol. The fraction of sp³-hybridized carbons (Fsp3) is 0.882. The lowest BCUT2D eigenvalue weighted by atomic mass is 9.64. The van der Waals surface area contributed by atoms with Crippen molar-refractivity contribution in [3.63, 3.8) is 0 Å². The highest BCUT2D eigenvalue weighted by Gasteiger charge is 2.73. The standard InChI is InChI=1S/C17H28N2O3/c1-15(2)16(3)4-5-17(15,12-13(16)21)14(22)19-8-6-18(7-9-19)10-11-20/h20H,4-12H2,1-3H3. The number of β-amino-alcohol motifs (C(OH)–C–C–N with tert-alkyl or cyclic N) is 1. The Morgan fingerprint density at radius 1 is 1.14 bits per heavy atom. The van der Waals surface area contributed by atoms with Gasteiger partial charge in [-0.05, 0) is 18.3 Å². The molecular formula is C17H28N2O3. The Balaban J connectivity index is 1.77. The zero-order valence-corrected chi connectivity index (χ0v) is 14.0. The molecule has 2 bridgehead atoms. The summed E-state index contributed by atoms with van der Waals surface area (Å²) in [5.74, 6) is 0.465. The van der Waals surface area contributed by atoms with Crippen LogP contribution in [0.4, 0.5) is 0 Å². The summed E-state index contributed by atoms with van der Waals surface area (Å²) in [5.41, 5.74) is -1.07. The first-order chi connectivity index (χ1) is 10.3. The number of fused-ring (bicyclic) bond motifs is 2. The van der Waals surface area contributed by atoms with Gasteiger partial charge >= 0.3 is 0 Å². The van der Waals surface area contributed by atoms with Crippen LogP contribution in [0.15, 0.2) is 0 Å². The summed E-state index contributed by atoms with van der Waals surface area (Å²) in [6.07, 6.45) is 2.11. The van der Waals surface area contributed by atoms with Crippen LogP contribution in [0.3, 0.4) is 0 Å². The van der Waals surface area contributed by atoms with Gasteiger partial charge < -0.3 is 10.0 Å². The third-order valence-corrected chi connectivity index (χ3v) is 7.19. The Morgan fingerprint density at radius 2 is 1.77 bits per heavy atom. The second-order valence-electron chi connectivity index (χ2n) is 8.00. The highest BCUT2D eigenvalue weighted by Crippen LogP contribution is 2.71. The monoisotopic (exact) mass is 308 g/mol. The number of Topliss-reactive ketones (excluding diaryl/α,β-unsaturated/α-hetero) is 1. The van der Waals surface area contributed by atoms with Gasteiger partial charge in [-0.25, -0.2) is 0 Å². The molecule has 0 aromatic heterocycles. The third kappa shape index (κ3) is 1.84. The van der Waals surface area contributed by atoms with Crippen molar-refractivity contribution < 1.29 is 14.7 Å². The van der Waals surface area contributed by atoms with Crippen LogP contribution < -0.4 is 0 Å². The zero-order valence-electron chi connectivity index (χ0n) is 14.0. The second-order valence-corrected chi connectivity index (χ2v) is 8.00. The number of aliphatic hydroxyl groups excluding tert-OH is 1. The third-order valence-electron chi connectivity index (χ3n) is 7.19. The van der Waals surface area contributed by atoms with Crippen LogP contribution in [0.5, 0.6) is 0 Å². The van der Waals surface area contributed by atoms with E-state index in [0.29, 0.717) is 26.1 Å². The summed E-state index contributed by atoms with van der Waals surface area (Å²) in [4.78, 5) is 29.9. The fourth-order valence-electron chi connectivity index (χ4n) is 4.95. The highest BCUT2D eigenvalue weighted by molar-refractivity contribution is 5.99. The molecule has 1 saturated heterocycles. The number of amides is 1. The molecule has 2 saturated carbocycles. The Bertz CT molecular complexity index is 496. The number of ketones is 1. The van der Waals surface area contributed by atoms with Crippen LogP contribution in [0.25, 0.3) is 0 Å². The number of carbonyl (C=O) groups is 2. The van der Waals surface area contributed by atoms with E-state index in [1.807, 2.05) is 4.90 Å². The van der Waals surface area contributed by atoms with Gasteiger partial charge in [-0.3, -0.25) is 14.5 Å². The van der Waals surface area contributed by atoms with E-state index in [1.165, 1.54) is 0 Å². The molecule has 22 heavy (non-hydrogen) atoms. The first-order valence-electron chi connectivity index (χ1n) is 8.44. The number of piperazine rings is 1. The average Bonchev–Trinajstić information content (AvgIpc) is 2.78. The molecule has 5 nitrogen and oxygen atoms in total. The lowest BCUT2D eigenvalue weighted by Gasteiger charge is -2.44. The number of carbonyl (C=O) groups excluding carboxylic acids is 2. The van der Waals surface area contributed by atoms with E-state index in [9.17, 15) is 9.59 Å². The van der Waals surface area contributed by atoms with Crippen molar-refractivity contribution in [1.82, 2.24) is 9.80 Å². The van der Waals surface area contributed by atoms with E-state index in [-0.39, 0.29) is 29.1 Å². The second kappa shape index (κ2) is 5.03. The molecular weight excluding hydrogens is 280 g/mol. The Morgan fingerprint density at radius 3 is 2.23 bits per heavy atom. The minimum atomic E-state index is -0.488. The van der Waals surface area contributed by atoms with Crippen molar-refractivity contribution >= 4 is 11.7 Å². The quantitative estimate of drug-likeness (QED) is 0.842. The molecule has 2 atom stereocenters. The van der Waals surface area contributed by atoms with E-state index in [4.69, 9.17) is 5.11 Å². The minimum Gasteiger partial charge on any atom is -0.395 e. The molecule has 1 N–H and O–H groups in total. The lowest BCUT2D eigenvalue weighted by molar-refractivity contribution is -0.149. The fourth-order valence-corrected chi connectivity index (χ4v) is 4.95. The number of hydrogen-bond donors (Lipinski definition) is 1. The summed E-state index contributed by atoms with van der Waals surface area (Å²) < 4.78 is 0. The van der Waals surface area contributed by atoms with Gasteiger partial charge in [0.1, 0.15) is 5.78 Å². The first-order valence-corrected chi connectivity index (χ1v) is 8.44. The van der Waals surface area contributed by atoms with Crippen LogP contribution in [-0.2, 0) is 9.59 Å². The first kappa shape index (κ1) is 15.9. The van der Waals surface area contributed by atoms with Crippen LogP contribution in [0.2, 0.25) is 0 Å². The van der Waals surface area contributed by atoms with E-state index < -0.39 is 5.41 Å². The normalized spacial score (nSPS) is 37.8. The number of aliphatic hydroxyl groups is 1. The Labute approximate surface area is 132 Å². The molecule has 0 spiro atoms. The largest absolute Gasteiger partial charge is 0.395 e. The van der Waals surface area contributed by atoms with Crippen molar-refractivity contribution in [3.05, 3.63) is 0 Å². The van der Waals surface area contributed by atoms with Gasteiger partial charge in [0.25, 0.3) is 0 Å². The summed E-state index contributed by atoms with van der Waals surface area (Å²) in [6.45, 7) is 10.2. The number of rotatable bonds is 3. The molecule has 3 aliphatic rings.